The number of carbonyl (C=O) groups is 1. The van der Waals surface area contributed by atoms with Crippen LogP contribution in [0, 0.1) is 13.8 Å². The second kappa shape index (κ2) is 9.54. The lowest BCUT2D eigenvalue weighted by Gasteiger charge is -2.10. The highest BCUT2D eigenvalue weighted by Gasteiger charge is 2.13. The van der Waals surface area contributed by atoms with Gasteiger partial charge in [-0.15, -0.1) is 5.10 Å². The summed E-state index contributed by atoms with van der Waals surface area (Å²) in [6, 6.07) is 11.3. The molecular weight excluding hydrogens is 438 g/mol. The average Bonchev–Trinajstić information content (AvgIpc) is 3.31. The fourth-order valence-corrected chi connectivity index (χ4v) is 4.42. The molecule has 0 aliphatic rings. The second-order valence-corrected chi connectivity index (χ2v) is 8.86. The number of benzene rings is 2. The predicted molar refractivity (Wildman–Crippen MR) is 129 cm³/mol. The van der Waals surface area contributed by atoms with E-state index in [4.69, 9.17) is 9.47 Å². The molecule has 4 aromatic rings. The Balaban J connectivity index is 1.62. The van der Waals surface area contributed by atoms with Crippen molar-refractivity contribution in [2.45, 2.75) is 40.5 Å². The van der Waals surface area contributed by atoms with Gasteiger partial charge in [-0.25, -0.2) is 0 Å². The first-order chi connectivity index (χ1) is 15.9. The van der Waals surface area contributed by atoms with Gasteiger partial charge in [0, 0.05) is 12.5 Å². The van der Waals surface area contributed by atoms with Gasteiger partial charge < -0.3 is 9.47 Å². The number of thiazole rings is 1. The summed E-state index contributed by atoms with van der Waals surface area (Å²) < 4.78 is 12.9. The predicted octanol–water partition coefficient (Wildman–Crippen LogP) is 4.09. The Bertz CT molecular complexity index is 1400. The van der Waals surface area contributed by atoms with Gasteiger partial charge in [0.1, 0.15) is 11.5 Å². The Hall–Kier alpha value is -3.52. The molecule has 0 N–H and O–H groups in total. The van der Waals surface area contributed by atoms with Crippen molar-refractivity contribution in [3.05, 3.63) is 68.0 Å². The van der Waals surface area contributed by atoms with Crippen LogP contribution in [-0.4, -0.2) is 27.2 Å². The molecule has 0 aliphatic heterocycles. The third kappa shape index (κ3) is 4.96. The van der Waals surface area contributed by atoms with Crippen molar-refractivity contribution in [3.63, 3.8) is 0 Å². The third-order valence-electron chi connectivity index (χ3n) is 5.09. The molecule has 0 saturated heterocycles. The molecule has 0 unspecified atom stereocenters. The molecule has 0 bridgehead atoms. The largest absolute Gasteiger partial charge is 0.494 e. The van der Waals surface area contributed by atoms with Crippen LogP contribution in [0.15, 0.2) is 41.2 Å². The van der Waals surface area contributed by atoms with Gasteiger partial charge in [0.2, 0.25) is 4.96 Å². The Morgan fingerprint density at radius 3 is 2.45 bits per heavy atom. The van der Waals surface area contributed by atoms with Crippen LogP contribution in [0.5, 0.6) is 11.5 Å². The van der Waals surface area contributed by atoms with E-state index in [1.807, 2.05) is 56.3 Å². The number of rotatable bonds is 7. The van der Waals surface area contributed by atoms with E-state index in [0.29, 0.717) is 27.7 Å². The molecule has 33 heavy (non-hydrogen) atoms. The lowest BCUT2D eigenvalue weighted by Crippen LogP contribution is -2.23. The average molecular weight is 464 g/mol. The highest BCUT2D eigenvalue weighted by molar-refractivity contribution is 7.15. The Morgan fingerprint density at radius 1 is 1.15 bits per heavy atom. The van der Waals surface area contributed by atoms with Crippen LogP contribution in [0.1, 0.15) is 43.4 Å². The lowest BCUT2D eigenvalue weighted by atomic mass is 10.1. The number of unbranched alkanes of at least 4 members (excludes halogenated alkanes) is 1. The summed E-state index contributed by atoms with van der Waals surface area (Å²) in [6.07, 6.45) is 3.91. The Morgan fingerprint density at radius 2 is 1.85 bits per heavy atom. The van der Waals surface area contributed by atoms with E-state index >= 15 is 0 Å². The number of aryl methyl sites for hydroxylation is 2. The van der Waals surface area contributed by atoms with Crippen LogP contribution in [0.3, 0.4) is 0 Å². The third-order valence-corrected chi connectivity index (χ3v) is 6.05. The SMILES string of the molecule is CCCCOc1ccc(-c2nc3s/c(=C\c4cc(C)c(OC(C)=O)c(C)c4)c(=O)n3n2)cc1. The number of carbonyl (C=O) groups excluding carboxylic acids is 1. The summed E-state index contributed by atoms with van der Waals surface area (Å²) in [4.78, 5) is 29.3. The van der Waals surface area contributed by atoms with Crippen LogP contribution < -0.4 is 19.6 Å². The molecule has 4 rings (SSSR count). The Labute approximate surface area is 195 Å². The highest BCUT2D eigenvalue weighted by Crippen LogP contribution is 2.25. The summed E-state index contributed by atoms with van der Waals surface area (Å²) in [6.45, 7) is 7.94. The van der Waals surface area contributed by atoms with Crippen molar-refractivity contribution in [1.29, 1.82) is 0 Å². The molecule has 0 amide bonds. The molecule has 0 fully saturated rings. The van der Waals surface area contributed by atoms with Gasteiger partial charge in [-0.05, 0) is 79.4 Å². The molecule has 2 aromatic carbocycles. The maximum absolute atomic E-state index is 12.9. The number of ether oxygens (including phenoxy) is 2. The molecule has 0 saturated carbocycles. The van der Waals surface area contributed by atoms with Gasteiger partial charge in [-0.1, -0.05) is 24.7 Å². The highest BCUT2D eigenvalue weighted by atomic mass is 32.1. The maximum atomic E-state index is 12.9. The normalized spacial score (nSPS) is 11.8. The smallest absolute Gasteiger partial charge is 0.308 e. The van der Waals surface area contributed by atoms with Crippen LogP contribution >= 0.6 is 11.3 Å². The number of nitrogens with zero attached hydrogens (tertiary/aromatic N) is 3. The molecule has 0 atom stereocenters. The molecule has 0 radical (unpaired) electrons. The summed E-state index contributed by atoms with van der Waals surface area (Å²) in [7, 11) is 0. The number of fused-ring (bicyclic) bond motifs is 1. The van der Waals surface area contributed by atoms with Gasteiger partial charge in [-0.3, -0.25) is 9.59 Å². The second-order valence-electron chi connectivity index (χ2n) is 7.85. The summed E-state index contributed by atoms with van der Waals surface area (Å²) in [5.74, 6) is 1.50. The van der Waals surface area contributed by atoms with Crippen LogP contribution in [0.2, 0.25) is 0 Å². The lowest BCUT2D eigenvalue weighted by molar-refractivity contribution is -0.131. The number of aromatic nitrogens is 3. The maximum Gasteiger partial charge on any atom is 0.308 e. The van der Waals surface area contributed by atoms with Crippen molar-refractivity contribution in [2.75, 3.05) is 6.61 Å². The minimum absolute atomic E-state index is 0.215. The van der Waals surface area contributed by atoms with E-state index in [2.05, 4.69) is 17.0 Å². The fraction of sp³-hybridized carbons (Fsp3) is 0.280. The fourth-order valence-electron chi connectivity index (χ4n) is 3.51. The number of esters is 1. The van der Waals surface area contributed by atoms with Gasteiger partial charge >= 0.3 is 5.97 Å². The molecule has 0 aliphatic carbocycles. The summed E-state index contributed by atoms with van der Waals surface area (Å²) in [5.41, 5.74) is 3.11. The van der Waals surface area contributed by atoms with E-state index in [1.165, 1.54) is 22.8 Å². The van der Waals surface area contributed by atoms with Crippen molar-refractivity contribution >= 4 is 28.3 Å². The first-order valence-electron chi connectivity index (χ1n) is 10.8. The number of hydrogen-bond donors (Lipinski definition) is 0. The molecular formula is C25H25N3O4S. The van der Waals surface area contributed by atoms with Crippen LogP contribution in [0.4, 0.5) is 0 Å². The van der Waals surface area contributed by atoms with E-state index in [9.17, 15) is 9.59 Å². The first kappa shape index (κ1) is 22.7. The van der Waals surface area contributed by atoms with Crippen molar-refractivity contribution in [2.24, 2.45) is 0 Å². The molecule has 7 nitrogen and oxygen atoms in total. The first-order valence-corrected chi connectivity index (χ1v) is 11.6. The van der Waals surface area contributed by atoms with Gasteiger partial charge in [0.25, 0.3) is 5.56 Å². The minimum atomic E-state index is -0.361. The van der Waals surface area contributed by atoms with Crippen molar-refractivity contribution in [3.8, 4) is 22.9 Å². The zero-order valence-corrected chi connectivity index (χ0v) is 19.9. The molecule has 2 heterocycles. The van der Waals surface area contributed by atoms with Gasteiger partial charge in [0.05, 0.1) is 11.1 Å². The minimum Gasteiger partial charge on any atom is -0.494 e. The molecule has 170 valence electrons. The zero-order chi connectivity index (χ0) is 23.5. The topological polar surface area (TPSA) is 82.8 Å². The van der Waals surface area contributed by atoms with Gasteiger partial charge in [0.15, 0.2) is 5.82 Å². The summed E-state index contributed by atoms with van der Waals surface area (Å²) in [5, 5.41) is 4.42. The molecule has 0 spiro atoms. The quantitative estimate of drug-likeness (QED) is 0.233. The Kier molecular flexibility index (Phi) is 6.55. The number of hydrogen-bond acceptors (Lipinski definition) is 7. The van der Waals surface area contributed by atoms with Crippen molar-refractivity contribution in [1.82, 2.24) is 14.6 Å². The standard InChI is InChI=1S/C25H25N3O4S/c1-5-6-11-31-20-9-7-19(8-10-20)23-26-25-28(27-23)24(30)21(33-25)14-18-12-15(2)22(16(3)13-18)32-17(4)29/h7-10,12-14H,5-6,11H2,1-4H3/b21-14-. The van der Waals surface area contributed by atoms with E-state index in [-0.39, 0.29) is 11.5 Å². The van der Waals surface area contributed by atoms with E-state index in [1.54, 1.807) is 0 Å². The summed E-state index contributed by atoms with van der Waals surface area (Å²) >= 11 is 1.29. The van der Waals surface area contributed by atoms with E-state index < -0.39 is 0 Å². The molecule has 2 aromatic heterocycles. The monoisotopic (exact) mass is 463 g/mol. The van der Waals surface area contributed by atoms with E-state index in [0.717, 1.165) is 40.8 Å². The molecule has 8 heteroatoms. The van der Waals surface area contributed by atoms with Crippen molar-refractivity contribution < 1.29 is 14.3 Å². The zero-order valence-electron chi connectivity index (χ0n) is 19.0. The van der Waals surface area contributed by atoms with Gasteiger partial charge in [-0.2, -0.15) is 9.50 Å². The van der Waals surface area contributed by atoms with Crippen LogP contribution in [-0.2, 0) is 4.79 Å². The van der Waals surface area contributed by atoms with Crippen LogP contribution in [0.25, 0.3) is 22.4 Å².